The van der Waals surface area contributed by atoms with E-state index in [-0.39, 0.29) is 18.2 Å². The normalized spacial score (nSPS) is 14.4. The number of carbonyl (C=O) groups excluding carboxylic acids is 2. The zero-order valence-electron chi connectivity index (χ0n) is 17.7. The highest BCUT2D eigenvalue weighted by atomic mass is 32.1. The van der Waals surface area contributed by atoms with E-state index in [2.05, 4.69) is 20.4 Å². The number of nitrogens with zero attached hydrogens (tertiary/aromatic N) is 3. The average molecular weight is 477 g/mol. The number of anilines is 1. The van der Waals surface area contributed by atoms with Gasteiger partial charge in [-0.2, -0.15) is 0 Å². The third-order valence-electron chi connectivity index (χ3n) is 4.95. The molecule has 0 unspecified atom stereocenters. The van der Waals surface area contributed by atoms with Crippen LogP contribution < -0.4 is 5.32 Å². The first kappa shape index (κ1) is 22.6. The van der Waals surface area contributed by atoms with Crippen LogP contribution in [0.15, 0.2) is 27.4 Å². The van der Waals surface area contributed by atoms with Crippen molar-refractivity contribution in [1.82, 2.24) is 15.0 Å². The number of ether oxygens (including phenoxy) is 2. The number of thiophene rings is 1. The Balaban J connectivity index is 1.33. The molecule has 3 aromatic heterocycles. The van der Waals surface area contributed by atoms with Gasteiger partial charge in [-0.3, -0.25) is 15.0 Å². The molecule has 0 bridgehead atoms. The molecular weight excluding hydrogens is 452 g/mol. The number of aromatic nitrogens is 2. The van der Waals surface area contributed by atoms with Crippen LogP contribution >= 0.6 is 22.7 Å². The van der Waals surface area contributed by atoms with Crippen LogP contribution in [0, 0.1) is 0 Å². The summed E-state index contributed by atoms with van der Waals surface area (Å²) in [5.74, 6) is -0.387. The molecular formula is C21H24N4O5S2. The zero-order chi connectivity index (χ0) is 22.3. The van der Waals surface area contributed by atoms with E-state index in [1.54, 1.807) is 12.3 Å². The third kappa shape index (κ3) is 5.60. The number of morpholine rings is 1. The fourth-order valence-electron chi connectivity index (χ4n) is 3.35. The topological polar surface area (TPSA) is 107 Å². The zero-order valence-corrected chi connectivity index (χ0v) is 19.3. The van der Waals surface area contributed by atoms with Crippen LogP contribution in [-0.4, -0.2) is 66.4 Å². The summed E-state index contributed by atoms with van der Waals surface area (Å²) in [6.45, 7) is 6.50. The van der Waals surface area contributed by atoms with Gasteiger partial charge in [0.2, 0.25) is 0 Å². The third-order valence-corrected chi connectivity index (χ3v) is 6.66. The van der Waals surface area contributed by atoms with Crippen molar-refractivity contribution in [3.05, 3.63) is 39.0 Å². The van der Waals surface area contributed by atoms with Crippen LogP contribution in [0.25, 0.3) is 11.5 Å². The van der Waals surface area contributed by atoms with Gasteiger partial charge in [0.05, 0.1) is 24.7 Å². The fourth-order valence-corrected chi connectivity index (χ4v) is 4.89. The molecule has 0 aliphatic carbocycles. The molecule has 0 spiro atoms. The lowest BCUT2D eigenvalue weighted by Crippen LogP contribution is -2.36. The molecule has 1 N–H and O–H groups in total. The molecule has 3 aromatic rings. The summed E-state index contributed by atoms with van der Waals surface area (Å²) in [5, 5.41) is 10.7. The van der Waals surface area contributed by atoms with Crippen LogP contribution in [-0.2, 0) is 15.9 Å². The standard InChI is InChI=1S/C21H24N4O5S2/c1-2-29-20(27)15-12-17(30-24-15)16-13-32-21(22-16)23-19(26)18-14(5-11-31-18)4-3-6-25-7-9-28-10-8-25/h5,11-13H,2-4,6-10H2,1H3,(H,22,23,26). The lowest BCUT2D eigenvalue weighted by molar-refractivity contribution is 0.0374. The lowest BCUT2D eigenvalue weighted by Gasteiger charge is -2.26. The summed E-state index contributed by atoms with van der Waals surface area (Å²) in [5.41, 5.74) is 1.62. The Bertz CT molecular complexity index is 1050. The molecule has 0 atom stereocenters. The Morgan fingerprint density at radius 1 is 1.28 bits per heavy atom. The lowest BCUT2D eigenvalue weighted by atomic mass is 10.1. The first-order valence-corrected chi connectivity index (χ1v) is 12.2. The van der Waals surface area contributed by atoms with Crippen molar-refractivity contribution < 1.29 is 23.6 Å². The highest BCUT2D eigenvalue weighted by molar-refractivity contribution is 7.14. The van der Waals surface area contributed by atoms with Crippen LogP contribution in [0.2, 0.25) is 0 Å². The quantitative estimate of drug-likeness (QED) is 0.467. The molecule has 0 aromatic carbocycles. The molecule has 11 heteroatoms. The molecule has 9 nitrogen and oxygen atoms in total. The molecule has 1 aliphatic heterocycles. The number of esters is 1. The number of hydrogen-bond donors (Lipinski definition) is 1. The summed E-state index contributed by atoms with van der Waals surface area (Å²) in [4.78, 5) is 32.0. The number of nitrogens with one attached hydrogen (secondary N) is 1. The number of carbonyl (C=O) groups is 2. The summed E-state index contributed by atoms with van der Waals surface area (Å²) >= 11 is 2.71. The molecule has 0 radical (unpaired) electrons. The SMILES string of the molecule is CCOC(=O)c1cc(-c2csc(NC(=O)c3sccc3CCCN3CCOCC3)n2)on1. The van der Waals surface area contributed by atoms with Crippen molar-refractivity contribution >= 4 is 39.7 Å². The Morgan fingerprint density at radius 2 is 2.12 bits per heavy atom. The molecule has 32 heavy (non-hydrogen) atoms. The van der Waals surface area contributed by atoms with E-state index in [9.17, 15) is 9.59 Å². The second-order valence-electron chi connectivity index (χ2n) is 7.12. The minimum absolute atomic E-state index is 0.0840. The second kappa shape index (κ2) is 10.8. The van der Waals surface area contributed by atoms with Gasteiger partial charge < -0.3 is 14.0 Å². The van der Waals surface area contributed by atoms with E-state index in [4.69, 9.17) is 14.0 Å². The van der Waals surface area contributed by atoms with Gasteiger partial charge in [-0.05, 0) is 43.3 Å². The van der Waals surface area contributed by atoms with Crippen LogP contribution in [0.5, 0.6) is 0 Å². The van der Waals surface area contributed by atoms with E-state index in [1.807, 2.05) is 11.4 Å². The Morgan fingerprint density at radius 3 is 2.94 bits per heavy atom. The van der Waals surface area contributed by atoms with Crippen molar-refractivity contribution in [1.29, 1.82) is 0 Å². The largest absolute Gasteiger partial charge is 0.461 e. The number of aryl methyl sites for hydroxylation is 1. The van der Waals surface area contributed by atoms with Gasteiger partial charge in [-0.1, -0.05) is 5.16 Å². The van der Waals surface area contributed by atoms with E-state index >= 15 is 0 Å². The van der Waals surface area contributed by atoms with Crippen molar-refractivity contribution in [2.24, 2.45) is 0 Å². The second-order valence-corrected chi connectivity index (χ2v) is 8.90. The summed E-state index contributed by atoms with van der Waals surface area (Å²) in [7, 11) is 0. The van der Waals surface area contributed by atoms with Crippen molar-refractivity contribution in [2.45, 2.75) is 19.8 Å². The Kier molecular flexibility index (Phi) is 7.63. The highest BCUT2D eigenvalue weighted by Gasteiger charge is 2.19. The minimum Gasteiger partial charge on any atom is -0.461 e. The van der Waals surface area contributed by atoms with Gasteiger partial charge in [0.25, 0.3) is 5.91 Å². The van der Waals surface area contributed by atoms with Gasteiger partial charge >= 0.3 is 5.97 Å². The molecule has 1 aliphatic rings. The number of rotatable bonds is 9. The Hall–Kier alpha value is -2.60. The first-order valence-electron chi connectivity index (χ1n) is 10.4. The van der Waals surface area contributed by atoms with Crippen molar-refractivity contribution in [3.8, 4) is 11.5 Å². The van der Waals surface area contributed by atoms with Crippen molar-refractivity contribution in [2.75, 3.05) is 44.8 Å². The predicted molar refractivity (Wildman–Crippen MR) is 121 cm³/mol. The maximum absolute atomic E-state index is 12.8. The maximum atomic E-state index is 12.8. The van der Waals surface area contributed by atoms with E-state index in [0.717, 1.165) is 51.3 Å². The van der Waals surface area contributed by atoms with Crippen LogP contribution in [0.1, 0.15) is 39.1 Å². The van der Waals surface area contributed by atoms with E-state index < -0.39 is 5.97 Å². The fraction of sp³-hybridized carbons (Fsp3) is 0.429. The first-order chi connectivity index (χ1) is 15.6. The van der Waals surface area contributed by atoms with Gasteiger partial charge in [0.15, 0.2) is 16.6 Å². The molecule has 170 valence electrons. The predicted octanol–water partition coefficient (Wildman–Crippen LogP) is 3.55. The number of hydrogen-bond acceptors (Lipinski definition) is 10. The minimum atomic E-state index is -0.551. The van der Waals surface area contributed by atoms with Crippen LogP contribution in [0.3, 0.4) is 0 Å². The van der Waals surface area contributed by atoms with Gasteiger partial charge in [0.1, 0.15) is 5.69 Å². The maximum Gasteiger partial charge on any atom is 0.360 e. The summed E-state index contributed by atoms with van der Waals surface area (Å²) < 4.78 is 15.5. The van der Waals surface area contributed by atoms with E-state index in [0.29, 0.717) is 21.5 Å². The van der Waals surface area contributed by atoms with E-state index in [1.165, 1.54) is 28.7 Å². The molecule has 4 heterocycles. The molecule has 1 fully saturated rings. The summed E-state index contributed by atoms with van der Waals surface area (Å²) in [6.07, 6.45) is 1.84. The van der Waals surface area contributed by atoms with Gasteiger partial charge in [-0.25, -0.2) is 9.78 Å². The van der Waals surface area contributed by atoms with Crippen molar-refractivity contribution in [3.63, 3.8) is 0 Å². The number of thiazole rings is 1. The summed E-state index contributed by atoms with van der Waals surface area (Å²) in [6, 6.07) is 3.49. The molecule has 0 saturated carbocycles. The average Bonchev–Trinajstić information content (AvgIpc) is 3.55. The molecule has 1 saturated heterocycles. The van der Waals surface area contributed by atoms with Gasteiger partial charge in [-0.15, -0.1) is 22.7 Å². The van der Waals surface area contributed by atoms with Gasteiger partial charge in [0, 0.05) is 24.5 Å². The Labute approximate surface area is 193 Å². The smallest absolute Gasteiger partial charge is 0.360 e. The molecule has 4 rings (SSSR count). The highest BCUT2D eigenvalue weighted by Crippen LogP contribution is 2.27. The van der Waals surface area contributed by atoms with Crippen LogP contribution in [0.4, 0.5) is 5.13 Å². The molecule has 1 amide bonds. The number of amides is 1. The monoisotopic (exact) mass is 476 g/mol.